The molecule has 1 aliphatic rings. The molecule has 0 unspecified atom stereocenters. The molecule has 1 fully saturated rings. The summed E-state index contributed by atoms with van der Waals surface area (Å²) >= 11 is 4.53. The predicted molar refractivity (Wildman–Crippen MR) is 154 cm³/mol. The van der Waals surface area contributed by atoms with E-state index in [0.29, 0.717) is 33.0 Å². The van der Waals surface area contributed by atoms with Gasteiger partial charge >= 0.3 is 5.97 Å². The van der Waals surface area contributed by atoms with Crippen molar-refractivity contribution in [1.29, 1.82) is 0 Å². The van der Waals surface area contributed by atoms with Gasteiger partial charge in [0, 0.05) is 28.7 Å². The number of ether oxygens (including phenoxy) is 1. The van der Waals surface area contributed by atoms with Crippen molar-refractivity contribution < 1.29 is 22.5 Å². The molecule has 0 bridgehead atoms. The molecule has 5 nitrogen and oxygen atoms in total. The molecule has 1 aliphatic carbocycles. The second kappa shape index (κ2) is 9.95. The number of rotatable bonds is 4. The van der Waals surface area contributed by atoms with Crippen LogP contribution in [0.2, 0.25) is 0 Å². The van der Waals surface area contributed by atoms with Crippen molar-refractivity contribution >= 4 is 82.8 Å². The van der Waals surface area contributed by atoms with Crippen LogP contribution in [0.25, 0.3) is 21.5 Å². The SMILES string of the molecule is O=C(Oc1c2ccccc2c(S(=O)(=O)O)c2ccccc12)c1cc(I)cc(I)c1C1CCCCC1. The quantitative estimate of drug-likeness (QED) is 0.0772. The number of fused-ring (bicyclic) bond motifs is 2. The van der Waals surface area contributed by atoms with Crippen molar-refractivity contribution in [3.05, 3.63) is 78.9 Å². The van der Waals surface area contributed by atoms with Crippen molar-refractivity contribution in [3.63, 3.8) is 0 Å². The smallest absolute Gasteiger partial charge is 0.343 e. The van der Waals surface area contributed by atoms with Gasteiger partial charge in [-0.3, -0.25) is 4.55 Å². The lowest BCUT2D eigenvalue weighted by molar-refractivity contribution is 0.0737. The summed E-state index contributed by atoms with van der Waals surface area (Å²) in [6, 6.07) is 17.5. The second-order valence-corrected chi connectivity index (χ2v) is 12.6. The maximum atomic E-state index is 13.8. The molecule has 0 spiro atoms. The van der Waals surface area contributed by atoms with E-state index in [1.54, 1.807) is 48.5 Å². The van der Waals surface area contributed by atoms with Gasteiger partial charge in [-0.15, -0.1) is 0 Å². The maximum absolute atomic E-state index is 13.8. The van der Waals surface area contributed by atoms with E-state index >= 15 is 0 Å². The van der Waals surface area contributed by atoms with E-state index in [0.717, 1.165) is 38.4 Å². The van der Waals surface area contributed by atoms with E-state index in [9.17, 15) is 17.8 Å². The minimum atomic E-state index is -4.53. The first kappa shape index (κ1) is 24.9. The highest BCUT2D eigenvalue weighted by molar-refractivity contribution is 14.1. The third kappa shape index (κ3) is 4.82. The van der Waals surface area contributed by atoms with Crippen LogP contribution in [0.4, 0.5) is 0 Å². The van der Waals surface area contributed by atoms with Gasteiger partial charge in [0.1, 0.15) is 10.6 Å². The molecule has 5 rings (SSSR count). The average molecular weight is 712 g/mol. The van der Waals surface area contributed by atoms with Crippen LogP contribution in [0.15, 0.2) is 65.6 Å². The Balaban J connectivity index is 1.71. The number of hydrogen-bond donors (Lipinski definition) is 1. The lowest BCUT2D eigenvalue weighted by Crippen LogP contribution is -2.17. The first-order valence-electron chi connectivity index (χ1n) is 11.4. The van der Waals surface area contributed by atoms with Crippen LogP contribution in [0.5, 0.6) is 5.75 Å². The van der Waals surface area contributed by atoms with Gasteiger partial charge in [0.2, 0.25) is 0 Å². The van der Waals surface area contributed by atoms with Gasteiger partial charge in [-0.05, 0) is 81.6 Å². The van der Waals surface area contributed by atoms with E-state index in [4.69, 9.17) is 4.74 Å². The van der Waals surface area contributed by atoms with Crippen molar-refractivity contribution in [1.82, 2.24) is 0 Å². The molecule has 4 aromatic carbocycles. The Labute approximate surface area is 231 Å². The lowest BCUT2D eigenvalue weighted by Gasteiger charge is -2.25. The minimum Gasteiger partial charge on any atom is -0.422 e. The standard InChI is InChI=1S/C27H22I2O5S/c28-17-14-22(24(23(29)15-17)16-8-2-1-3-9-16)27(30)34-25-18-10-4-6-12-20(18)26(35(31,32)33)21-13-7-5-11-19(21)25/h4-7,10-16H,1-3,8-9H2,(H,31,32,33). The number of halogens is 2. The molecule has 35 heavy (non-hydrogen) atoms. The molecule has 1 saturated carbocycles. The number of hydrogen-bond acceptors (Lipinski definition) is 4. The summed E-state index contributed by atoms with van der Waals surface area (Å²) in [4.78, 5) is 13.6. The molecule has 0 aromatic heterocycles. The van der Waals surface area contributed by atoms with Gasteiger partial charge < -0.3 is 4.74 Å². The number of carbonyl (C=O) groups excluding carboxylic acids is 1. The van der Waals surface area contributed by atoms with Gasteiger partial charge in [0.15, 0.2) is 0 Å². The van der Waals surface area contributed by atoms with Crippen LogP contribution in [0, 0.1) is 7.14 Å². The Morgan fingerprint density at radius 3 is 1.94 bits per heavy atom. The summed E-state index contributed by atoms with van der Waals surface area (Å²) < 4.78 is 42.9. The summed E-state index contributed by atoms with van der Waals surface area (Å²) in [7, 11) is -4.53. The zero-order chi connectivity index (χ0) is 24.7. The maximum Gasteiger partial charge on any atom is 0.343 e. The van der Waals surface area contributed by atoms with Crippen molar-refractivity contribution in [3.8, 4) is 5.75 Å². The first-order valence-corrected chi connectivity index (χ1v) is 15.0. The van der Waals surface area contributed by atoms with Gasteiger partial charge in [0.25, 0.3) is 10.1 Å². The average Bonchev–Trinajstić information content (AvgIpc) is 2.83. The largest absolute Gasteiger partial charge is 0.422 e. The number of carbonyl (C=O) groups is 1. The van der Waals surface area contributed by atoms with Crippen molar-refractivity contribution in [2.75, 3.05) is 0 Å². The first-order chi connectivity index (χ1) is 16.8. The van der Waals surface area contributed by atoms with E-state index in [1.807, 2.05) is 6.07 Å². The summed E-state index contributed by atoms with van der Waals surface area (Å²) in [5.41, 5.74) is 1.60. The molecular formula is C27H22I2O5S. The van der Waals surface area contributed by atoms with Crippen molar-refractivity contribution in [2.24, 2.45) is 0 Å². The Hall–Kier alpha value is -1.76. The van der Waals surface area contributed by atoms with Crippen LogP contribution in [-0.2, 0) is 10.1 Å². The lowest BCUT2D eigenvalue weighted by atomic mass is 9.82. The van der Waals surface area contributed by atoms with E-state index in [-0.39, 0.29) is 10.6 Å². The number of benzene rings is 4. The van der Waals surface area contributed by atoms with E-state index < -0.39 is 16.1 Å². The van der Waals surface area contributed by atoms with E-state index in [2.05, 4.69) is 51.2 Å². The molecule has 0 aliphatic heterocycles. The highest BCUT2D eigenvalue weighted by atomic mass is 127. The van der Waals surface area contributed by atoms with Crippen molar-refractivity contribution in [2.45, 2.75) is 42.9 Å². The normalized spacial score (nSPS) is 14.9. The molecule has 0 radical (unpaired) electrons. The third-order valence-electron chi connectivity index (χ3n) is 6.61. The summed E-state index contributed by atoms with van der Waals surface area (Å²) in [6.07, 6.45) is 5.61. The summed E-state index contributed by atoms with van der Waals surface area (Å²) in [5, 5.41) is 1.51. The van der Waals surface area contributed by atoms with Crippen LogP contribution in [-0.4, -0.2) is 18.9 Å². The van der Waals surface area contributed by atoms with Gasteiger partial charge in [-0.2, -0.15) is 8.42 Å². The topological polar surface area (TPSA) is 80.7 Å². The highest BCUT2D eigenvalue weighted by Gasteiger charge is 2.28. The summed E-state index contributed by atoms with van der Waals surface area (Å²) in [6.45, 7) is 0. The molecule has 0 saturated heterocycles. The predicted octanol–water partition coefficient (Wildman–Crippen LogP) is 7.72. The molecule has 4 aromatic rings. The molecule has 180 valence electrons. The molecule has 0 amide bonds. The fourth-order valence-corrected chi connectivity index (χ4v) is 8.34. The third-order valence-corrected chi connectivity index (χ3v) is 9.08. The van der Waals surface area contributed by atoms with Crippen LogP contribution < -0.4 is 4.74 Å². The van der Waals surface area contributed by atoms with Gasteiger partial charge in [-0.1, -0.05) is 67.8 Å². The van der Waals surface area contributed by atoms with Gasteiger partial charge in [-0.25, -0.2) is 4.79 Å². The molecule has 1 N–H and O–H groups in total. The molecule has 8 heteroatoms. The number of esters is 1. The second-order valence-electron chi connectivity index (χ2n) is 8.80. The molecular weight excluding hydrogens is 690 g/mol. The molecule has 0 heterocycles. The zero-order valence-corrected chi connectivity index (χ0v) is 23.8. The van der Waals surface area contributed by atoms with Crippen LogP contribution in [0.3, 0.4) is 0 Å². The monoisotopic (exact) mass is 712 g/mol. The minimum absolute atomic E-state index is 0.185. The molecule has 0 atom stereocenters. The van der Waals surface area contributed by atoms with E-state index in [1.165, 1.54) is 6.42 Å². The zero-order valence-electron chi connectivity index (χ0n) is 18.6. The Morgan fingerprint density at radius 1 is 0.857 bits per heavy atom. The van der Waals surface area contributed by atoms with Crippen LogP contribution >= 0.6 is 45.2 Å². The Bertz CT molecular complexity index is 1520. The summed E-state index contributed by atoms with van der Waals surface area (Å²) in [5.74, 6) is 0.138. The van der Waals surface area contributed by atoms with Crippen LogP contribution in [0.1, 0.15) is 53.9 Å². The fraction of sp³-hybridized carbons (Fsp3) is 0.222. The Morgan fingerprint density at radius 2 is 1.40 bits per heavy atom. The van der Waals surface area contributed by atoms with Gasteiger partial charge in [0.05, 0.1) is 5.56 Å². The fourth-order valence-electron chi connectivity index (χ4n) is 5.14. The Kier molecular flexibility index (Phi) is 7.08. The highest BCUT2D eigenvalue weighted by Crippen LogP contribution is 2.42.